The quantitative estimate of drug-likeness (QED) is 0.682. The molecule has 2 nitrogen and oxygen atoms in total. The van der Waals surface area contributed by atoms with Crippen LogP contribution in [-0.2, 0) is 0 Å². The summed E-state index contributed by atoms with van der Waals surface area (Å²) in [4.78, 5) is 9.84. The molecule has 0 bridgehead atoms. The van der Waals surface area contributed by atoms with Crippen molar-refractivity contribution in [2.75, 3.05) is 0 Å². The highest BCUT2D eigenvalue weighted by molar-refractivity contribution is 7.20. The number of nitrogens with zero attached hydrogens (tertiary/aromatic N) is 2. The van der Waals surface area contributed by atoms with Crippen LogP contribution in [0.15, 0.2) is 47.4 Å². The largest absolute Gasteiger partial charge is 0.256 e. The summed E-state index contributed by atoms with van der Waals surface area (Å²) in [5.41, 5.74) is 2.18. The third-order valence-corrected chi connectivity index (χ3v) is 4.08. The maximum Gasteiger partial charge on any atom is 0.133 e. The SMILES string of the molecule is c1ccc(-c2csc(-c3nccs3)c2)nc1. The van der Waals surface area contributed by atoms with E-state index in [1.807, 2.05) is 36.0 Å². The first-order valence-corrected chi connectivity index (χ1v) is 6.59. The Morgan fingerprint density at radius 2 is 2.00 bits per heavy atom. The van der Waals surface area contributed by atoms with Gasteiger partial charge < -0.3 is 0 Å². The van der Waals surface area contributed by atoms with Gasteiger partial charge in [0.25, 0.3) is 0 Å². The Hall–Kier alpha value is -1.52. The molecule has 0 aromatic carbocycles. The zero-order valence-corrected chi connectivity index (χ0v) is 9.96. The van der Waals surface area contributed by atoms with Gasteiger partial charge in [-0.15, -0.1) is 22.7 Å². The number of thiophene rings is 1. The molecule has 0 unspecified atom stereocenters. The van der Waals surface area contributed by atoms with Gasteiger partial charge in [0.2, 0.25) is 0 Å². The molecule has 0 amide bonds. The molecule has 3 heterocycles. The van der Waals surface area contributed by atoms with Crippen LogP contribution in [0.2, 0.25) is 0 Å². The van der Waals surface area contributed by atoms with E-state index in [1.54, 1.807) is 22.7 Å². The lowest BCUT2D eigenvalue weighted by atomic mass is 10.2. The van der Waals surface area contributed by atoms with E-state index in [4.69, 9.17) is 0 Å². The minimum atomic E-state index is 1.02. The monoisotopic (exact) mass is 244 g/mol. The fourth-order valence-corrected chi connectivity index (χ4v) is 3.09. The van der Waals surface area contributed by atoms with Crippen molar-refractivity contribution in [1.82, 2.24) is 9.97 Å². The average Bonchev–Trinajstić information content (AvgIpc) is 3.01. The van der Waals surface area contributed by atoms with Crippen molar-refractivity contribution >= 4 is 22.7 Å². The van der Waals surface area contributed by atoms with Gasteiger partial charge in [0.15, 0.2) is 0 Å². The Labute approximate surface area is 101 Å². The maximum atomic E-state index is 4.33. The molecular weight excluding hydrogens is 236 g/mol. The molecule has 0 saturated heterocycles. The highest BCUT2D eigenvalue weighted by atomic mass is 32.1. The van der Waals surface area contributed by atoms with Crippen molar-refractivity contribution in [3.8, 4) is 21.1 Å². The number of aromatic nitrogens is 2. The van der Waals surface area contributed by atoms with Crippen LogP contribution < -0.4 is 0 Å². The fourth-order valence-electron chi connectivity index (χ4n) is 1.46. The normalized spacial score (nSPS) is 10.5. The van der Waals surface area contributed by atoms with E-state index in [2.05, 4.69) is 21.4 Å². The maximum absolute atomic E-state index is 4.33. The van der Waals surface area contributed by atoms with E-state index in [0.717, 1.165) is 16.3 Å². The Kier molecular flexibility index (Phi) is 2.52. The Bertz CT molecular complexity index is 570. The summed E-state index contributed by atoms with van der Waals surface area (Å²) in [7, 11) is 0. The van der Waals surface area contributed by atoms with Crippen molar-refractivity contribution in [2.24, 2.45) is 0 Å². The van der Waals surface area contributed by atoms with Crippen molar-refractivity contribution in [3.63, 3.8) is 0 Å². The first-order chi connectivity index (χ1) is 7.93. The lowest BCUT2D eigenvalue weighted by Crippen LogP contribution is -1.77. The molecule has 0 saturated carbocycles. The summed E-state index contributed by atoms with van der Waals surface area (Å²) in [5, 5.41) is 5.20. The van der Waals surface area contributed by atoms with Crippen LogP contribution in [0.1, 0.15) is 0 Å². The average molecular weight is 244 g/mol. The van der Waals surface area contributed by atoms with Gasteiger partial charge in [-0.1, -0.05) is 6.07 Å². The summed E-state index contributed by atoms with van der Waals surface area (Å²) >= 11 is 3.37. The molecule has 4 heteroatoms. The minimum absolute atomic E-state index is 1.02. The third-order valence-electron chi connectivity index (χ3n) is 2.20. The number of pyridine rings is 1. The van der Waals surface area contributed by atoms with Gasteiger partial charge >= 0.3 is 0 Å². The van der Waals surface area contributed by atoms with E-state index in [0.29, 0.717) is 0 Å². The summed E-state index contributed by atoms with van der Waals surface area (Å²) in [6.07, 6.45) is 3.65. The van der Waals surface area contributed by atoms with E-state index in [-0.39, 0.29) is 0 Å². The van der Waals surface area contributed by atoms with E-state index < -0.39 is 0 Å². The van der Waals surface area contributed by atoms with Crippen molar-refractivity contribution in [1.29, 1.82) is 0 Å². The molecule has 16 heavy (non-hydrogen) atoms. The Morgan fingerprint density at radius 3 is 2.75 bits per heavy atom. The summed E-state index contributed by atoms with van der Waals surface area (Å²) in [6.45, 7) is 0. The molecule has 0 atom stereocenters. The second-order valence-corrected chi connectivity index (χ2v) is 5.06. The molecule has 0 N–H and O–H groups in total. The van der Waals surface area contributed by atoms with Crippen LogP contribution >= 0.6 is 22.7 Å². The topological polar surface area (TPSA) is 25.8 Å². The lowest BCUT2D eigenvalue weighted by molar-refractivity contribution is 1.33. The molecule has 0 aliphatic rings. The van der Waals surface area contributed by atoms with Crippen molar-refractivity contribution < 1.29 is 0 Å². The molecule has 0 aliphatic heterocycles. The number of rotatable bonds is 2. The Morgan fingerprint density at radius 1 is 1.00 bits per heavy atom. The third kappa shape index (κ3) is 1.77. The summed E-state index contributed by atoms with van der Waals surface area (Å²) < 4.78 is 0. The molecule has 3 rings (SSSR count). The van der Waals surface area contributed by atoms with Gasteiger partial charge in [0.1, 0.15) is 5.01 Å². The molecule has 3 aromatic rings. The fraction of sp³-hybridized carbons (Fsp3) is 0. The summed E-state index contributed by atoms with van der Waals surface area (Å²) in [6, 6.07) is 8.10. The van der Waals surface area contributed by atoms with Crippen LogP contribution in [0.25, 0.3) is 21.1 Å². The van der Waals surface area contributed by atoms with Gasteiger partial charge in [-0.25, -0.2) is 4.98 Å². The lowest BCUT2D eigenvalue weighted by Gasteiger charge is -1.93. The molecule has 0 spiro atoms. The highest BCUT2D eigenvalue weighted by Crippen LogP contribution is 2.32. The second kappa shape index (κ2) is 4.15. The minimum Gasteiger partial charge on any atom is -0.256 e. The van der Waals surface area contributed by atoms with Gasteiger partial charge in [-0.3, -0.25) is 4.98 Å². The van der Waals surface area contributed by atoms with Crippen LogP contribution in [0.5, 0.6) is 0 Å². The standard InChI is InChI=1S/C12H8N2S2/c1-2-4-13-10(3-1)9-7-11(16-8-9)12-14-5-6-15-12/h1-8H. The van der Waals surface area contributed by atoms with Gasteiger partial charge in [-0.05, 0) is 18.2 Å². The molecular formula is C12H8N2S2. The second-order valence-electron chi connectivity index (χ2n) is 3.25. The zero-order valence-electron chi connectivity index (χ0n) is 8.33. The molecule has 0 radical (unpaired) electrons. The van der Waals surface area contributed by atoms with E-state index in [1.165, 1.54) is 4.88 Å². The van der Waals surface area contributed by atoms with Crippen molar-refractivity contribution in [2.45, 2.75) is 0 Å². The predicted octanol–water partition coefficient (Wildman–Crippen LogP) is 3.93. The molecule has 78 valence electrons. The van der Waals surface area contributed by atoms with E-state index in [9.17, 15) is 0 Å². The molecule has 0 fully saturated rings. The van der Waals surface area contributed by atoms with Gasteiger partial charge in [0, 0.05) is 28.7 Å². The Balaban J connectivity index is 2.00. The van der Waals surface area contributed by atoms with Crippen LogP contribution in [0.4, 0.5) is 0 Å². The van der Waals surface area contributed by atoms with Gasteiger partial charge in [-0.2, -0.15) is 0 Å². The van der Waals surface area contributed by atoms with Gasteiger partial charge in [0.05, 0.1) is 10.6 Å². The predicted molar refractivity (Wildman–Crippen MR) is 68.7 cm³/mol. The first kappa shape index (κ1) is 9.69. The molecule has 3 aromatic heterocycles. The smallest absolute Gasteiger partial charge is 0.133 e. The zero-order chi connectivity index (χ0) is 10.8. The molecule has 0 aliphatic carbocycles. The van der Waals surface area contributed by atoms with E-state index >= 15 is 0 Å². The number of thiazole rings is 1. The van der Waals surface area contributed by atoms with Crippen LogP contribution in [0, 0.1) is 0 Å². The number of hydrogen-bond acceptors (Lipinski definition) is 4. The first-order valence-electron chi connectivity index (χ1n) is 4.83. The highest BCUT2D eigenvalue weighted by Gasteiger charge is 2.06. The summed E-state index contributed by atoms with van der Waals surface area (Å²) in [5.74, 6) is 0. The van der Waals surface area contributed by atoms with Crippen molar-refractivity contribution in [3.05, 3.63) is 47.4 Å². The van der Waals surface area contributed by atoms with Crippen LogP contribution in [-0.4, -0.2) is 9.97 Å². The van der Waals surface area contributed by atoms with Crippen LogP contribution in [0.3, 0.4) is 0 Å². The number of hydrogen-bond donors (Lipinski definition) is 0.